The van der Waals surface area contributed by atoms with Crippen LogP contribution < -0.4 is 10.6 Å². The van der Waals surface area contributed by atoms with Gasteiger partial charge in [0, 0.05) is 17.8 Å². The second-order valence-corrected chi connectivity index (χ2v) is 4.77. The molecule has 96 valence electrons. The van der Waals surface area contributed by atoms with Gasteiger partial charge in [-0.25, -0.2) is 4.79 Å². The number of ketones is 1. The molecule has 0 radical (unpaired) electrons. The van der Waals surface area contributed by atoms with Crippen LogP contribution >= 0.6 is 0 Å². The molecule has 0 unspecified atom stereocenters. The Bertz CT molecular complexity index is 436. The lowest BCUT2D eigenvalue weighted by molar-refractivity contribution is 0.101. The highest BCUT2D eigenvalue weighted by Crippen LogP contribution is 2.25. The second-order valence-electron chi connectivity index (χ2n) is 4.77. The van der Waals surface area contributed by atoms with Crippen LogP contribution in [0, 0.1) is 5.92 Å². The molecule has 0 spiro atoms. The van der Waals surface area contributed by atoms with Gasteiger partial charge in [0.2, 0.25) is 0 Å². The fourth-order valence-corrected chi connectivity index (χ4v) is 1.90. The molecule has 4 heteroatoms. The van der Waals surface area contributed by atoms with Gasteiger partial charge in [-0.3, -0.25) is 4.79 Å². The summed E-state index contributed by atoms with van der Waals surface area (Å²) in [4.78, 5) is 22.7. The number of carbonyl (C=O) groups is 2. The zero-order valence-corrected chi connectivity index (χ0v) is 10.5. The molecule has 2 rings (SSSR count). The maximum atomic E-state index is 11.6. The predicted octanol–water partition coefficient (Wildman–Crippen LogP) is 2.81. The van der Waals surface area contributed by atoms with E-state index in [1.807, 2.05) is 0 Å². The first-order valence-corrected chi connectivity index (χ1v) is 6.31. The molecule has 4 nitrogen and oxygen atoms in total. The van der Waals surface area contributed by atoms with Crippen molar-refractivity contribution >= 4 is 17.5 Å². The minimum absolute atomic E-state index is 0.0241. The summed E-state index contributed by atoms with van der Waals surface area (Å²) in [5, 5.41) is 5.60. The number of nitrogens with one attached hydrogen (secondary N) is 2. The lowest BCUT2D eigenvalue weighted by atomic mass is 9.85. The number of amides is 2. The fourth-order valence-electron chi connectivity index (χ4n) is 1.90. The lowest BCUT2D eigenvalue weighted by Crippen LogP contribution is -2.35. The first-order valence-electron chi connectivity index (χ1n) is 6.31. The summed E-state index contributed by atoms with van der Waals surface area (Å²) >= 11 is 0. The van der Waals surface area contributed by atoms with Crippen LogP contribution in [0.3, 0.4) is 0 Å². The fraction of sp³-hybridized carbons (Fsp3) is 0.429. The molecular formula is C14H18N2O2. The number of urea groups is 1. The maximum Gasteiger partial charge on any atom is 0.319 e. The molecule has 0 heterocycles. The molecule has 1 aliphatic carbocycles. The smallest absolute Gasteiger partial charge is 0.319 e. The Labute approximate surface area is 107 Å². The van der Waals surface area contributed by atoms with Crippen molar-refractivity contribution in [3.05, 3.63) is 29.8 Å². The van der Waals surface area contributed by atoms with Crippen molar-refractivity contribution in [2.24, 2.45) is 5.92 Å². The SMILES string of the molecule is CC(=O)c1ccc(NC(=O)NCC2CCC2)cc1. The minimum Gasteiger partial charge on any atom is -0.338 e. The quantitative estimate of drug-likeness (QED) is 0.802. The van der Waals surface area contributed by atoms with E-state index in [9.17, 15) is 9.59 Å². The van der Waals surface area contributed by atoms with E-state index in [4.69, 9.17) is 0 Å². The standard InChI is InChI=1S/C14H18N2O2/c1-10(17)12-5-7-13(8-6-12)16-14(18)15-9-11-3-2-4-11/h5-8,11H,2-4,9H2,1H3,(H2,15,16,18). The normalized spacial score (nSPS) is 14.7. The van der Waals surface area contributed by atoms with Gasteiger partial charge in [-0.2, -0.15) is 0 Å². The van der Waals surface area contributed by atoms with Crippen LogP contribution in [0.1, 0.15) is 36.5 Å². The summed E-state index contributed by atoms with van der Waals surface area (Å²) in [6, 6.07) is 6.71. The third-order valence-electron chi connectivity index (χ3n) is 3.33. The Hall–Kier alpha value is -1.84. The third kappa shape index (κ3) is 3.32. The van der Waals surface area contributed by atoms with Gasteiger partial charge in [0.15, 0.2) is 5.78 Å². The van der Waals surface area contributed by atoms with Gasteiger partial charge in [0.05, 0.1) is 0 Å². The number of rotatable bonds is 4. The molecule has 2 N–H and O–H groups in total. The molecule has 2 amide bonds. The average Bonchev–Trinajstić information content (AvgIpc) is 2.27. The van der Waals surface area contributed by atoms with Crippen LogP contribution in [0.2, 0.25) is 0 Å². The highest BCUT2D eigenvalue weighted by molar-refractivity contribution is 5.95. The summed E-state index contributed by atoms with van der Waals surface area (Å²) in [6.07, 6.45) is 3.71. The highest BCUT2D eigenvalue weighted by Gasteiger charge is 2.17. The van der Waals surface area contributed by atoms with E-state index in [1.165, 1.54) is 26.2 Å². The van der Waals surface area contributed by atoms with Crippen molar-refractivity contribution in [3.8, 4) is 0 Å². The molecule has 0 aliphatic heterocycles. The van der Waals surface area contributed by atoms with Crippen molar-refractivity contribution in [2.75, 3.05) is 11.9 Å². The Morgan fingerprint density at radius 2 is 1.89 bits per heavy atom. The van der Waals surface area contributed by atoms with Crippen LogP contribution in [0.15, 0.2) is 24.3 Å². The number of anilines is 1. The predicted molar refractivity (Wildman–Crippen MR) is 70.8 cm³/mol. The van der Waals surface area contributed by atoms with Gasteiger partial charge >= 0.3 is 6.03 Å². The van der Waals surface area contributed by atoms with Crippen molar-refractivity contribution < 1.29 is 9.59 Å². The Morgan fingerprint density at radius 1 is 1.22 bits per heavy atom. The summed E-state index contributed by atoms with van der Waals surface area (Å²) in [7, 11) is 0. The Balaban J connectivity index is 1.80. The molecule has 1 aliphatic rings. The lowest BCUT2D eigenvalue weighted by Gasteiger charge is -2.25. The van der Waals surface area contributed by atoms with E-state index in [-0.39, 0.29) is 11.8 Å². The van der Waals surface area contributed by atoms with Crippen molar-refractivity contribution in [2.45, 2.75) is 26.2 Å². The van der Waals surface area contributed by atoms with Gasteiger partial charge in [0.25, 0.3) is 0 Å². The molecule has 1 saturated carbocycles. The summed E-state index contributed by atoms with van der Waals surface area (Å²) in [6.45, 7) is 2.27. The summed E-state index contributed by atoms with van der Waals surface area (Å²) in [5.74, 6) is 0.673. The van der Waals surface area contributed by atoms with Crippen LogP contribution in [0.5, 0.6) is 0 Å². The third-order valence-corrected chi connectivity index (χ3v) is 3.33. The molecule has 1 aromatic carbocycles. The van der Waals surface area contributed by atoms with Crippen LogP contribution in [-0.2, 0) is 0 Å². The van der Waals surface area contributed by atoms with Crippen molar-refractivity contribution in [1.29, 1.82) is 0 Å². The number of hydrogen-bond acceptors (Lipinski definition) is 2. The first-order chi connectivity index (χ1) is 8.65. The summed E-state index contributed by atoms with van der Waals surface area (Å²) in [5.41, 5.74) is 1.35. The first kappa shape index (κ1) is 12.6. The van der Waals surface area contributed by atoms with E-state index >= 15 is 0 Å². The molecule has 0 saturated heterocycles. The van der Waals surface area contributed by atoms with E-state index in [0.717, 1.165) is 6.54 Å². The molecular weight excluding hydrogens is 228 g/mol. The average molecular weight is 246 g/mol. The number of Topliss-reactive ketones (excluding diaryl/α,β-unsaturated/α-hetero) is 1. The largest absolute Gasteiger partial charge is 0.338 e. The zero-order chi connectivity index (χ0) is 13.0. The van der Waals surface area contributed by atoms with Gasteiger partial charge in [-0.05, 0) is 49.9 Å². The van der Waals surface area contributed by atoms with Gasteiger partial charge in [-0.15, -0.1) is 0 Å². The van der Waals surface area contributed by atoms with Gasteiger partial charge < -0.3 is 10.6 Å². The monoisotopic (exact) mass is 246 g/mol. The van der Waals surface area contributed by atoms with Crippen LogP contribution in [-0.4, -0.2) is 18.4 Å². The number of hydrogen-bond donors (Lipinski definition) is 2. The Kier molecular flexibility index (Phi) is 3.97. The molecule has 1 aromatic rings. The number of benzene rings is 1. The summed E-state index contributed by atoms with van der Waals surface area (Å²) < 4.78 is 0. The second kappa shape index (κ2) is 5.67. The van der Waals surface area contributed by atoms with Gasteiger partial charge in [-0.1, -0.05) is 6.42 Å². The molecule has 0 bridgehead atoms. The molecule has 0 atom stereocenters. The van der Waals surface area contributed by atoms with Crippen LogP contribution in [0.25, 0.3) is 0 Å². The number of carbonyl (C=O) groups excluding carboxylic acids is 2. The minimum atomic E-state index is -0.183. The highest BCUT2D eigenvalue weighted by atomic mass is 16.2. The zero-order valence-electron chi connectivity index (χ0n) is 10.5. The van der Waals surface area contributed by atoms with E-state index in [2.05, 4.69) is 10.6 Å². The molecule has 0 aromatic heterocycles. The molecule has 1 fully saturated rings. The molecule has 18 heavy (non-hydrogen) atoms. The van der Waals surface area contributed by atoms with Crippen LogP contribution in [0.4, 0.5) is 10.5 Å². The topological polar surface area (TPSA) is 58.2 Å². The Morgan fingerprint density at radius 3 is 2.39 bits per heavy atom. The van der Waals surface area contributed by atoms with Crippen molar-refractivity contribution in [3.63, 3.8) is 0 Å². The maximum absolute atomic E-state index is 11.6. The van der Waals surface area contributed by atoms with E-state index in [0.29, 0.717) is 17.2 Å². The van der Waals surface area contributed by atoms with Crippen molar-refractivity contribution in [1.82, 2.24) is 5.32 Å². The van der Waals surface area contributed by atoms with Gasteiger partial charge in [0.1, 0.15) is 0 Å². The van der Waals surface area contributed by atoms with E-state index < -0.39 is 0 Å². The van der Waals surface area contributed by atoms with E-state index in [1.54, 1.807) is 24.3 Å².